The second-order valence-corrected chi connectivity index (χ2v) is 6.79. The van der Waals surface area contributed by atoms with Crippen LogP contribution in [0, 0.1) is 13.8 Å². The number of hydrogen-bond donors (Lipinski definition) is 1. The van der Waals surface area contributed by atoms with Crippen LogP contribution >= 0.6 is 11.6 Å². The molecular weight excluding hydrogens is 364 g/mol. The first kappa shape index (κ1) is 19.0. The van der Waals surface area contributed by atoms with Crippen LogP contribution in [0.2, 0.25) is 5.02 Å². The number of halogens is 1. The summed E-state index contributed by atoms with van der Waals surface area (Å²) >= 11 is 6.18. The minimum atomic E-state index is -0.345. The first-order valence-corrected chi connectivity index (χ1v) is 9.03. The van der Waals surface area contributed by atoms with Gasteiger partial charge in [0.1, 0.15) is 11.4 Å². The Morgan fingerprint density at radius 1 is 1.04 bits per heavy atom. The minimum absolute atomic E-state index is 0.256. The lowest BCUT2D eigenvalue weighted by Gasteiger charge is -2.12. The second-order valence-electron chi connectivity index (χ2n) is 6.38. The highest BCUT2D eigenvalue weighted by Gasteiger charge is 2.38. The molecule has 0 spiro atoms. The molecule has 140 valence electrons. The topological polar surface area (TPSA) is 58.6 Å². The number of ether oxygens (including phenoxy) is 1. The van der Waals surface area contributed by atoms with E-state index >= 15 is 0 Å². The standard InChI is InChI=1S/C21H21ClN2O3/c1-5-24-20(25)18(14-7-6-12(2)13(3)10-14)19(21(24)26)23-15-8-9-17(27-4)16(22)11-15/h6-11,23H,5H2,1-4H3. The van der Waals surface area contributed by atoms with Gasteiger partial charge in [0.25, 0.3) is 11.8 Å². The molecule has 1 heterocycles. The predicted octanol–water partition coefficient (Wildman–Crippen LogP) is 4.18. The number of methoxy groups -OCH3 is 1. The number of nitrogens with one attached hydrogen (secondary N) is 1. The van der Waals surface area contributed by atoms with Crippen molar-refractivity contribution in [3.05, 3.63) is 63.8 Å². The molecule has 0 aliphatic carbocycles. The highest BCUT2D eigenvalue weighted by molar-refractivity contribution is 6.36. The third-order valence-corrected chi connectivity index (χ3v) is 5.00. The molecular formula is C21H21ClN2O3. The Morgan fingerprint density at radius 3 is 2.37 bits per heavy atom. The van der Waals surface area contributed by atoms with Crippen LogP contribution in [0.3, 0.4) is 0 Å². The number of likely N-dealkylation sites (N-methyl/N-ethyl adjacent to an activating group) is 1. The van der Waals surface area contributed by atoms with E-state index in [2.05, 4.69) is 5.32 Å². The molecule has 2 amide bonds. The number of nitrogens with zero attached hydrogens (tertiary/aromatic N) is 1. The number of rotatable bonds is 5. The molecule has 27 heavy (non-hydrogen) atoms. The zero-order valence-electron chi connectivity index (χ0n) is 15.7. The molecule has 0 atom stereocenters. The van der Waals surface area contributed by atoms with Crippen LogP contribution in [0.1, 0.15) is 23.6 Å². The zero-order valence-corrected chi connectivity index (χ0v) is 16.5. The number of benzene rings is 2. The lowest BCUT2D eigenvalue weighted by molar-refractivity contribution is -0.136. The molecule has 1 N–H and O–H groups in total. The Labute approximate surface area is 163 Å². The second kappa shape index (κ2) is 7.45. The fourth-order valence-electron chi connectivity index (χ4n) is 3.03. The third-order valence-electron chi connectivity index (χ3n) is 4.70. The van der Waals surface area contributed by atoms with Crippen molar-refractivity contribution < 1.29 is 14.3 Å². The largest absolute Gasteiger partial charge is 0.495 e. The maximum atomic E-state index is 12.9. The predicted molar refractivity (Wildman–Crippen MR) is 107 cm³/mol. The van der Waals surface area contributed by atoms with Gasteiger partial charge >= 0.3 is 0 Å². The summed E-state index contributed by atoms with van der Waals surface area (Å²) in [7, 11) is 1.53. The van der Waals surface area contributed by atoms with Crippen LogP contribution in [0.25, 0.3) is 5.57 Å². The molecule has 0 bridgehead atoms. The van der Waals surface area contributed by atoms with Crippen molar-refractivity contribution in [3.63, 3.8) is 0 Å². The van der Waals surface area contributed by atoms with Gasteiger partial charge in [0, 0.05) is 12.2 Å². The fraction of sp³-hybridized carbons (Fsp3) is 0.238. The van der Waals surface area contributed by atoms with Crippen LogP contribution in [0.5, 0.6) is 5.75 Å². The molecule has 0 saturated heterocycles. The van der Waals surface area contributed by atoms with Crippen LogP contribution in [0.15, 0.2) is 42.1 Å². The van der Waals surface area contributed by atoms with Crippen LogP contribution in [-0.4, -0.2) is 30.4 Å². The van der Waals surface area contributed by atoms with Crippen LogP contribution in [0.4, 0.5) is 5.69 Å². The monoisotopic (exact) mass is 384 g/mol. The van der Waals surface area contributed by atoms with E-state index < -0.39 is 0 Å². The Morgan fingerprint density at radius 2 is 1.78 bits per heavy atom. The van der Waals surface area contributed by atoms with Gasteiger partial charge in [-0.15, -0.1) is 0 Å². The summed E-state index contributed by atoms with van der Waals surface area (Å²) in [5.74, 6) is -0.106. The lowest BCUT2D eigenvalue weighted by Crippen LogP contribution is -2.32. The maximum absolute atomic E-state index is 12.9. The molecule has 2 aromatic rings. The van der Waals surface area contributed by atoms with Gasteiger partial charge in [-0.05, 0) is 55.7 Å². The molecule has 2 aromatic carbocycles. The SMILES string of the molecule is CCN1C(=O)C(Nc2ccc(OC)c(Cl)c2)=C(c2ccc(C)c(C)c2)C1=O. The molecule has 0 aromatic heterocycles. The summed E-state index contributed by atoms with van der Waals surface area (Å²) in [6.45, 7) is 6.07. The van der Waals surface area contributed by atoms with Gasteiger partial charge in [0.05, 0.1) is 17.7 Å². The van der Waals surface area contributed by atoms with Crippen molar-refractivity contribution in [3.8, 4) is 5.75 Å². The van der Waals surface area contributed by atoms with E-state index in [9.17, 15) is 9.59 Å². The Hall–Kier alpha value is -2.79. The summed E-state index contributed by atoms with van der Waals surface area (Å²) < 4.78 is 5.16. The number of imide groups is 1. The quantitative estimate of drug-likeness (QED) is 0.786. The Kier molecular flexibility index (Phi) is 5.24. The lowest BCUT2D eigenvalue weighted by atomic mass is 9.99. The van der Waals surface area contributed by atoms with Gasteiger partial charge in [-0.25, -0.2) is 0 Å². The van der Waals surface area contributed by atoms with Crippen LogP contribution in [-0.2, 0) is 9.59 Å². The first-order chi connectivity index (χ1) is 12.9. The van der Waals surface area contributed by atoms with Crippen molar-refractivity contribution in [2.24, 2.45) is 0 Å². The average molecular weight is 385 g/mol. The summed E-state index contributed by atoms with van der Waals surface area (Å²) in [5.41, 5.74) is 4.14. The van der Waals surface area contributed by atoms with Gasteiger partial charge in [0.2, 0.25) is 0 Å². The summed E-state index contributed by atoms with van der Waals surface area (Å²) in [6, 6.07) is 10.9. The number of amides is 2. The molecule has 0 fully saturated rings. The van der Waals surface area contributed by atoms with Crippen molar-refractivity contribution in [2.45, 2.75) is 20.8 Å². The maximum Gasteiger partial charge on any atom is 0.278 e. The summed E-state index contributed by atoms with van der Waals surface area (Å²) in [4.78, 5) is 26.9. The number of hydrogen-bond acceptors (Lipinski definition) is 4. The van der Waals surface area contributed by atoms with Gasteiger partial charge in [-0.1, -0.05) is 29.8 Å². The molecule has 1 aliphatic heterocycles. The first-order valence-electron chi connectivity index (χ1n) is 8.66. The highest BCUT2D eigenvalue weighted by Crippen LogP contribution is 2.33. The van der Waals surface area contributed by atoms with Crippen molar-refractivity contribution in [1.82, 2.24) is 4.90 Å². The molecule has 1 aliphatic rings. The van der Waals surface area contributed by atoms with Gasteiger partial charge in [0.15, 0.2) is 0 Å². The van der Waals surface area contributed by atoms with Crippen LogP contribution < -0.4 is 10.1 Å². The van der Waals surface area contributed by atoms with E-state index in [1.165, 1.54) is 12.0 Å². The van der Waals surface area contributed by atoms with E-state index in [-0.39, 0.29) is 17.5 Å². The summed E-state index contributed by atoms with van der Waals surface area (Å²) in [5, 5.41) is 3.50. The average Bonchev–Trinajstić information content (AvgIpc) is 2.87. The van der Waals surface area contributed by atoms with E-state index in [0.717, 1.165) is 16.7 Å². The highest BCUT2D eigenvalue weighted by atomic mass is 35.5. The Bertz CT molecular complexity index is 966. The molecule has 0 unspecified atom stereocenters. The number of carbonyl (C=O) groups is 2. The van der Waals surface area contributed by atoms with Gasteiger partial charge in [-0.2, -0.15) is 0 Å². The van der Waals surface area contributed by atoms with Crippen molar-refractivity contribution in [1.29, 1.82) is 0 Å². The third kappa shape index (κ3) is 3.43. The fourth-order valence-corrected chi connectivity index (χ4v) is 3.29. The van der Waals surface area contributed by atoms with Crippen molar-refractivity contribution in [2.75, 3.05) is 19.0 Å². The smallest absolute Gasteiger partial charge is 0.278 e. The van der Waals surface area contributed by atoms with E-state index in [0.29, 0.717) is 28.6 Å². The molecule has 5 nitrogen and oxygen atoms in total. The number of carbonyl (C=O) groups excluding carboxylic acids is 2. The molecule has 6 heteroatoms. The molecule has 0 radical (unpaired) electrons. The van der Waals surface area contributed by atoms with E-state index in [4.69, 9.17) is 16.3 Å². The minimum Gasteiger partial charge on any atom is -0.495 e. The molecule has 3 rings (SSSR count). The summed E-state index contributed by atoms with van der Waals surface area (Å²) in [6.07, 6.45) is 0. The van der Waals surface area contributed by atoms with Gasteiger partial charge in [-0.3, -0.25) is 14.5 Å². The number of aryl methyl sites for hydroxylation is 2. The van der Waals surface area contributed by atoms with Gasteiger partial charge < -0.3 is 10.1 Å². The normalized spacial score (nSPS) is 14.2. The Balaban J connectivity index is 2.09. The molecule has 0 saturated carbocycles. The van der Waals surface area contributed by atoms with E-state index in [1.54, 1.807) is 25.1 Å². The number of anilines is 1. The zero-order chi connectivity index (χ0) is 19.7. The van der Waals surface area contributed by atoms with Crippen molar-refractivity contribution >= 4 is 34.7 Å². The van der Waals surface area contributed by atoms with E-state index in [1.807, 2.05) is 32.0 Å².